The maximum Gasteiger partial charge on any atom is 0.0198 e. The Hall–Kier alpha value is -0.0800. The van der Waals surface area contributed by atoms with Gasteiger partial charge in [0.05, 0.1) is 0 Å². The van der Waals surface area contributed by atoms with E-state index in [9.17, 15) is 0 Å². The predicted molar refractivity (Wildman–Crippen MR) is 99.8 cm³/mol. The lowest BCUT2D eigenvalue weighted by atomic mass is 9.87. The van der Waals surface area contributed by atoms with E-state index in [4.69, 9.17) is 0 Å². The lowest BCUT2D eigenvalue weighted by Crippen LogP contribution is -2.53. The summed E-state index contributed by atoms with van der Waals surface area (Å²) in [6.45, 7) is 8.81. The van der Waals surface area contributed by atoms with E-state index in [1.54, 1.807) is 0 Å². The lowest BCUT2D eigenvalue weighted by Gasteiger charge is -2.42. The van der Waals surface area contributed by atoms with E-state index in [2.05, 4.69) is 24.1 Å². The standard InChI is InChI=1S/C21H40N2/c1-3-4-8-19-13-21(22-14-18-9-6-5-7-10-18)16-23(15-19)17(2)20-11-12-20/h17-22H,3-16H2,1-2H3. The van der Waals surface area contributed by atoms with Gasteiger partial charge in [-0.05, 0) is 69.7 Å². The molecule has 2 saturated carbocycles. The third-order valence-corrected chi connectivity index (χ3v) is 6.83. The highest BCUT2D eigenvalue weighted by molar-refractivity contribution is 4.92. The molecule has 2 aliphatic carbocycles. The van der Waals surface area contributed by atoms with Crippen LogP contribution in [0.2, 0.25) is 0 Å². The summed E-state index contributed by atoms with van der Waals surface area (Å²) in [7, 11) is 0. The Balaban J connectivity index is 1.49. The van der Waals surface area contributed by atoms with Gasteiger partial charge in [0, 0.05) is 25.2 Å². The van der Waals surface area contributed by atoms with Gasteiger partial charge in [0.2, 0.25) is 0 Å². The van der Waals surface area contributed by atoms with Crippen LogP contribution in [0, 0.1) is 17.8 Å². The summed E-state index contributed by atoms with van der Waals surface area (Å²) in [5.74, 6) is 2.92. The molecule has 3 fully saturated rings. The van der Waals surface area contributed by atoms with E-state index in [0.29, 0.717) is 0 Å². The monoisotopic (exact) mass is 320 g/mol. The van der Waals surface area contributed by atoms with Crippen molar-refractivity contribution in [3.8, 4) is 0 Å². The molecule has 0 radical (unpaired) electrons. The molecule has 3 atom stereocenters. The van der Waals surface area contributed by atoms with Gasteiger partial charge in [0.15, 0.2) is 0 Å². The average Bonchev–Trinajstić information content (AvgIpc) is 3.43. The Kier molecular flexibility index (Phi) is 6.83. The molecule has 134 valence electrons. The van der Waals surface area contributed by atoms with Crippen molar-refractivity contribution in [2.75, 3.05) is 19.6 Å². The molecule has 1 aliphatic heterocycles. The molecular formula is C21H40N2. The van der Waals surface area contributed by atoms with Crippen molar-refractivity contribution < 1.29 is 0 Å². The van der Waals surface area contributed by atoms with Gasteiger partial charge in [-0.15, -0.1) is 0 Å². The zero-order valence-electron chi connectivity index (χ0n) is 15.7. The number of nitrogens with zero attached hydrogens (tertiary/aromatic N) is 1. The van der Waals surface area contributed by atoms with E-state index in [-0.39, 0.29) is 0 Å². The fourth-order valence-electron chi connectivity index (χ4n) is 5.02. The van der Waals surface area contributed by atoms with E-state index in [0.717, 1.165) is 29.8 Å². The van der Waals surface area contributed by atoms with Crippen molar-refractivity contribution in [2.45, 2.75) is 96.6 Å². The highest BCUT2D eigenvalue weighted by Crippen LogP contribution is 2.37. The third-order valence-electron chi connectivity index (χ3n) is 6.83. The number of piperidine rings is 1. The minimum atomic E-state index is 0.758. The molecule has 0 aromatic carbocycles. The van der Waals surface area contributed by atoms with Crippen LogP contribution in [0.4, 0.5) is 0 Å². The summed E-state index contributed by atoms with van der Waals surface area (Å²) >= 11 is 0. The number of hydrogen-bond acceptors (Lipinski definition) is 2. The van der Waals surface area contributed by atoms with Crippen LogP contribution >= 0.6 is 0 Å². The summed E-state index contributed by atoms with van der Waals surface area (Å²) in [5, 5.41) is 4.00. The van der Waals surface area contributed by atoms with Crippen molar-refractivity contribution in [2.24, 2.45) is 17.8 Å². The minimum Gasteiger partial charge on any atom is -0.312 e. The normalized spacial score (nSPS) is 32.1. The molecule has 1 heterocycles. The molecule has 0 amide bonds. The van der Waals surface area contributed by atoms with Gasteiger partial charge in [-0.25, -0.2) is 0 Å². The predicted octanol–water partition coefficient (Wildman–Crippen LogP) is 4.84. The molecule has 23 heavy (non-hydrogen) atoms. The van der Waals surface area contributed by atoms with Gasteiger partial charge < -0.3 is 5.32 Å². The second-order valence-corrected chi connectivity index (χ2v) is 8.89. The van der Waals surface area contributed by atoms with E-state index >= 15 is 0 Å². The number of unbranched alkanes of at least 4 members (excludes halogenated alkanes) is 1. The van der Waals surface area contributed by atoms with Crippen molar-refractivity contribution in [3.05, 3.63) is 0 Å². The maximum absolute atomic E-state index is 4.00. The first kappa shape index (κ1) is 17.7. The zero-order chi connectivity index (χ0) is 16.1. The largest absolute Gasteiger partial charge is 0.312 e. The topological polar surface area (TPSA) is 15.3 Å². The van der Waals surface area contributed by atoms with Crippen LogP contribution in [0.3, 0.4) is 0 Å². The molecule has 2 heteroatoms. The minimum absolute atomic E-state index is 0.758. The van der Waals surface area contributed by atoms with Crippen LogP contribution in [0.1, 0.15) is 84.5 Å². The number of rotatable bonds is 8. The quantitative estimate of drug-likeness (QED) is 0.688. The van der Waals surface area contributed by atoms with Gasteiger partial charge in [0.1, 0.15) is 0 Å². The summed E-state index contributed by atoms with van der Waals surface area (Å²) in [5.41, 5.74) is 0. The van der Waals surface area contributed by atoms with Gasteiger partial charge in [-0.3, -0.25) is 4.90 Å². The fraction of sp³-hybridized carbons (Fsp3) is 1.00. The first-order valence-corrected chi connectivity index (χ1v) is 10.7. The van der Waals surface area contributed by atoms with Gasteiger partial charge in [-0.1, -0.05) is 39.0 Å². The smallest absolute Gasteiger partial charge is 0.0198 e. The summed E-state index contributed by atoms with van der Waals surface area (Å²) in [4.78, 5) is 2.85. The Morgan fingerprint density at radius 2 is 1.78 bits per heavy atom. The highest BCUT2D eigenvalue weighted by Gasteiger charge is 2.36. The Morgan fingerprint density at radius 3 is 2.48 bits per heavy atom. The Morgan fingerprint density at radius 1 is 1.00 bits per heavy atom. The summed E-state index contributed by atoms with van der Waals surface area (Å²) in [6, 6.07) is 1.59. The molecule has 3 rings (SSSR count). The molecule has 1 N–H and O–H groups in total. The third kappa shape index (κ3) is 5.46. The van der Waals surface area contributed by atoms with Crippen LogP contribution in [-0.2, 0) is 0 Å². The van der Waals surface area contributed by atoms with E-state index in [1.165, 1.54) is 90.3 Å². The molecule has 1 saturated heterocycles. The molecule has 0 bridgehead atoms. The van der Waals surface area contributed by atoms with Gasteiger partial charge in [-0.2, -0.15) is 0 Å². The van der Waals surface area contributed by atoms with Crippen LogP contribution in [0.5, 0.6) is 0 Å². The van der Waals surface area contributed by atoms with Crippen LogP contribution < -0.4 is 5.32 Å². The highest BCUT2D eigenvalue weighted by atomic mass is 15.2. The van der Waals surface area contributed by atoms with E-state index < -0.39 is 0 Å². The van der Waals surface area contributed by atoms with Crippen molar-refractivity contribution in [1.82, 2.24) is 10.2 Å². The Labute approximate surface area is 144 Å². The number of likely N-dealkylation sites (tertiary alicyclic amines) is 1. The first-order valence-electron chi connectivity index (χ1n) is 10.7. The Bertz CT molecular complexity index is 333. The second-order valence-electron chi connectivity index (χ2n) is 8.89. The number of hydrogen-bond donors (Lipinski definition) is 1. The van der Waals surface area contributed by atoms with E-state index in [1.807, 2.05) is 0 Å². The fourth-order valence-corrected chi connectivity index (χ4v) is 5.02. The average molecular weight is 321 g/mol. The maximum atomic E-state index is 4.00. The SMILES string of the molecule is CCCCC1CC(NCC2CCCCC2)CN(C(C)C2CC2)C1. The molecule has 0 aromatic rings. The number of nitrogens with one attached hydrogen (secondary N) is 1. The second kappa shape index (κ2) is 8.85. The molecular weight excluding hydrogens is 280 g/mol. The molecule has 2 nitrogen and oxygen atoms in total. The summed E-state index contributed by atoms with van der Waals surface area (Å²) in [6.07, 6.45) is 16.0. The van der Waals surface area contributed by atoms with Gasteiger partial charge >= 0.3 is 0 Å². The summed E-state index contributed by atoms with van der Waals surface area (Å²) < 4.78 is 0. The van der Waals surface area contributed by atoms with Crippen LogP contribution in [0.25, 0.3) is 0 Å². The van der Waals surface area contributed by atoms with Crippen molar-refractivity contribution in [1.29, 1.82) is 0 Å². The van der Waals surface area contributed by atoms with Crippen molar-refractivity contribution in [3.63, 3.8) is 0 Å². The van der Waals surface area contributed by atoms with Gasteiger partial charge in [0.25, 0.3) is 0 Å². The first-order chi connectivity index (χ1) is 11.3. The van der Waals surface area contributed by atoms with Crippen LogP contribution in [0.15, 0.2) is 0 Å². The lowest BCUT2D eigenvalue weighted by molar-refractivity contribution is 0.0876. The molecule has 3 unspecified atom stereocenters. The molecule has 0 aromatic heterocycles. The van der Waals surface area contributed by atoms with Crippen molar-refractivity contribution >= 4 is 0 Å². The zero-order valence-corrected chi connectivity index (χ0v) is 15.7. The van der Waals surface area contributed by atoms with Crippen LogP contribution in [-0.4, -0.2) is 36.6 Å². The molecule has 0 spiro atoms. The molecule has 3 aliphatic rings.